The van der Waals surface area contributed by atoms with E-state index in [1.165, 1.54) is 24.4 Å². The summed E-state index contributed by atoms with van der Waals surface area (Å²) in [5, 5.41) is 11.1. The molecule has 16 heteroatoms. The van der Waals surface area contributed by atoms with Crippen molar-refractivity contribution in [1.82, 2.24) is 19.2 Å². The van der Waals surface area contributed by atoms with E-state index in [-0.39, 0.29) is 5.65 Å². The summed E-state index contributed by atoms with van der Waals surface area (Å²) in [7, 11) is 0. The van der Waals surface area contributed by atoms with Gasteiger partial charge in [-0.15, -0.1) is 5.10 Å². The van der Waals surface area contributed by atoms with E-state index in [0.717, 1.165) is 21.3 Å². The Bertz CT molecular complexity index is 1260. The molecule has 0 atom stereocenters. The topological polar surface area (TPSA) is 116 Å². The standard InChI is InChI=1S/C16H12F5N5O.C2HF3O2/c17-14(18)11(6-22)8-26-15(27)25-4-3-9(5-13(25)24-26)10-1-2-12(23-7-10)16(19,20)21;3-2(4,5)1(6)7/h1-5,7H,6,8,22H2;(H,6,7). The summed E-state index contributed by atoms with van der Waals surface area (Å²) < 4.78 is 96.9. The van der Waals surface area contributed by atoms with Crippen molar-refractivity contribution in [2.75, 3.05) is 6.54 Å². The molecule has 0 amide bonds. The second kappa shape index (κ2) is 9.98. The van der Waals surface area contributed by atoms with Crippen LogP contribution < -0.4 is 11.4 Å². The molecule has 3 aromatic rings. The van der Waals surface area contributed by atoms with Crippen LogP contribution in [0.5, 0.6) is 0 Å². The number of hydrogen-bond acceptors (Lipinski definition) is 5. The fraction of sp³-hybridized carbons (Fsp3) is 0.222. The first-order chi connectivity index (χ1) is 15.6. The monoisotopic (exact) mass is 499 g/mol. The highest BCUT2D eigenvalue weighted by molar-refractivity contribution is 5.73. The van der Waals surface area contributed by atoms with Crippen molar-refractivity contribution in [3.8, 4) is 11.1 Å². The van der Waals surface area contributed by atoms with Gasteiger partial charge in [-0.05, 0) is 23.8 Å². The third-order valence-corrected chi connectivity index (χ3v) is 4.07. The highest BCUT2D eigenvalue weighted by Crippen LogP contribution is 2.29. The van der Waals surface area contributed by atoms with Crippen molar-refractivity contribution in [2.45, 2.75) is 18.9 Å². The summed E-state index contributed by atoms with van der Waals surface area (Å²) >= 11 is 0. The van der Waals surface area contributed by atoms with Gasteiger partial charge in [0.15, 0.2) is 5.65 Å². The highest BCUT2D eigenvalue weighted by Gasteiger charge is 2.38. The highest BCUT2D eigenvalue weighted by atomic mass is 19.4. The summed E-state index contributed by atoms with van der Waals surface area (Å²) in [6.45, 7) is -0.887. The zero-order valence-corrected chi connectivity index (χ0v) is 16.5. The molecular formula is C18H13F8N5O3. The smallest absolute Gasteiger partial charge is 0.475 e. The van der Waals surface area contributed by atoms with Crippen molar-refractivity contribution in [2.24, 2.45) is 5.73 Å². The average Bonchev–Trinajstić information content (AvgIpc) is 3.05. The van der Waals surface area contributed by atoms with Gasteiger partial charge in [-0.1, -0.05) is 6.07 Å². The molecule has 0 fully saturated rings. The van der Waals surface area contributed by atoms with E-state index in [1.54, 1.807) is 0 Å². The van der Waals surface area contributed by atoms with Crippen LogP contribution in [0.2, 0.25) is 0 Å². The number of nitrogens with zero attached hydrogens (tertiary/aromatic N) is 4. The lowest BCUT2D eigenvalue weighted by atomic mass is 10.1. The molecule has 184 valence electrons. The minimum atomic E-state index is -5.08. The molecule has 3 N–H and O–H groups in total. The maximum atomic E-state index is 12.7. The van der Waals surface area contributed by atoms with E-state index in [9.17, 15) is 39.9 Å². The molecule has 34 heavy (non-hydrogen) atoms. The van der Waals surface area contributed by atoms with Crippen molar-refractivity contribution in [3.63, 3.8) is 0 Å². The SMILES string of the molecule is NCC(Cn1nc2cc(-c3ccc(C(F)(F)F)nc3)ccn2c1=O)=C(F)F.O=C(O)C(F)(F)F. The van der Waals surface area contributed by atoms with E-state index in [2.05, 4.69) is 10.1 Å². The van der Waals surface area contributed by atoms with Crippen LogP contribution in [0.4, 0.5) is 35.1 Å². The number of alkyl halides is 6. The molecule has 0 aromatic carbocycles. The summed E-state index contributed by atoms with van der Waals surface area (Å²) in [6, 6.07) is 5.01. The summed E-state index contributed by atoms with van der Waals surface area (Å²) in [6.07, 6.45) is -9.20. The van der Waals surface area contributed by atoms with Gasteiger partial charge >= 0.3 is 24.0 Å². The molecule has 0 aliphatic carbocycles. The van der Waals surface area contributed by atoms with Gasteiger partial charge in [-0.2, -0.15) is 35.1 Å². The van der Waals surface area contributed by atoms with Crippen LogP contribution in [0.15, 0.2) is 53.1 Å². The van der Waals surface area contributed by atoms with Crippen molar-refractivity contribution < 1.29 is 45.0 Å². The molecule has 8 nitrogen and oxygen atoms in total. The third-order valence-electron chi connectivity index (χ3n) is 4.07. The Hall–Kier alpha value is -3.82. The number of halogens is 8. The van der Waals surface area contributed by atoms with Crippen molar-refractivity contribution in [1.29, 1.82) is 0 Å². The van der Waals surface area contributed by atoms with E-state index in [1.807, 2.05) is 0 Å². The Balaban J connectivity index is 0.000000509. The first kappa shape index (κ1) is 26.4. The minimum absolute atomic E-state index is 0.146. The third kappa shape index (κ3) is 6.37. The molecule has 0 saturated carbocycles. The Kier molecular flexibility index (Phi) is 7.76. The summed E-state index contributed by atoms with van der Waals surface area (Å²) in [5.74, 6) is -2.76. The predicted octanol–water partition coefficient (Wildman–Crippen LogP) is 3.32. The molecule has 0 aliphatic heterocycles. The number of carboxylic acid groups (broad SMARTS) is 1. The van der Waals surface area contributed by atoms with Crippen LogP contribution in [0.1, 0.15) is 5.69 Å². The van der Waals surface area contributed by atoms with Crippen molar-refractivity contribution in [3.05, 3.63) is 64.5 Å². The quantitative estimate of drug-likeness (QED) is 0.533. The van der Waals surface area contributed by atoms with Crippen LogP contribution in [0.3, 0.4) is 0 Å². The number of aliphatic carboxylic acids is 1. The van der Waals surface area contributed by atoms with Gasteiger partial charge in [0, 0.05) is 30.1 Å². The molecule has 0 spiro atoms. The number of carboxylic acids is 1. The summed E-state index contributed by atoms with van der Waals surface area (Å²) in [4.78, 5) is 24.5. The first-order valence-electron chi connectivity index (χ1n) is 8.81. The zero-order chi connectivity index (χ0) is 25.8. The first-order valence-corrected chi connectivity index (χ1v) is 8.81. The number of nitrogens with two attached hydrogens (primary N) is 1. The number of aromatic nitrogens is 4. The van der Waals surface area contributed by atoms with Crippen LogP contribution in [0, 0.1) is 0 Å². The number of rotatable bonds is 4. The molecule has 3 rings (SSSR count). The van der Waals surface area contributed by atoms with Crippen LogP contribution in [-0.2, 0) is 17.5 Å². The molecule has 0 radical (unpaired) electrons. The van der Waals surface area contributed by atoms with Crippen molar-refractivity contribution >= 4 is 11.6 Å². The van der Waals surface area contributed by atoms with Gasteiger partial charge in [0.2, 0.25) is 0 Å². The Morgan fingerprint density at radius 1 is 1.06 bits per heavy atom. The fourth-order valence-electron chi connectivity index (χ4n) is 2.41. The van der Waals surface area contributed by atoms with Crippen LogP contribution in [-0.4, -0.2) is 43.0 Å². The number of hydrogen-bond donors (Lipinski definition) is 2. The number of pyridine rings is 2. The van der Waals surface area contributed by atoms with Gasteiger partial charge in [0.25, 0.3) is 6.08 Å². The number of fused-ring (bicyclic) bond motifs is 1. The van der Waals surface area contributed by atoms with E-state index < -0.39 is 54.4 Å². The maximum Gasteiger partial charge on any atom is 0.490 e. The van der Waals surface area contributed by atoms with E-state index in [0.29, 0.717) is 11.1 Å². The maximum absolute atomic E-state index is 12.7. The number of carbonyl (C=O) groups is 1. The van der Waals surface area contributed by atoms with Gasteiger partial charge in [0.1, 0.15) is 5.69 Å². The normalized spacial score (nSPS) is 11.7. The Morgan fingerprint density at radius 3 is 2.12 bits per heavy atom. The fourth-order valence-corrected chi connectivity index (χ4v) is 2.41. The lowest BCUT2D eigenvalue weighted by Crippen LogP contribution is -2.24. The summed E-state index contributed by atoms with van der Waals surface area (Å²) in [5.41, 5.74) is 4.13. The van der Waals surface area contributed by atoms with Gasteiger partial charge < -0.3 is 10.8 Å². The zero-order valence-electron chi connectivity index (χ0n) is 16.5. The van der Waals surface area contributed by atoms with Gasteiger partial charge in [0.05, 0.1) is 6.54 Å². The predicted molar refractivity (Wildman–Crippen MR) is 99.7 cm³/mol. The largest absolute Gasteiger partial charge is 0.490 e. The van der Waals surface area contributed by atoms with Gasteiger partial charge in [-0.3, -0.25) is 9.38 Å². The van der Waals surface area contributed by atoms with E-state index in [4.69, 9.17) is 15.6 Å². The molecule has 0 unspecified atom stereocenters. The molecule has 3 aromatic heterocycles. The lowest BCUT2D eigenvalue weighted by Gasteiger charge is -2.06. The van der Waals surface area contributed by atoms with E-state index >= 15 is 0 Å². The Morgan fingerprint density at radius 2 is 1.68 bits per heavy atom. The molecule has 0 saturated heterocycles. The molecule has 3 heterocycles. The second-order valence-electron chi connectivity index (χ2n) is 6.38. The molecule has 0 bridgehead atoms. The minimum Gasteiger partial charge on any atom is -0.475 e. The second-order valence-corrected chi connectivity index (χ2v) is 6.38. The Labute approximate surface area is 183 Å². The van der Waals surface area contributed by atoms with Gasteiger partial charge in [-0.25, -0.2) is 14.3 Å². The average molecular weight is 499 g/mol. The molecular weight excluding hydrogens is 486 g/mol. The lowest BCUT2D eigenvalue weighted by molar-refractivity contribution is -0.192. The van der Waals surface area contributed by atoms with Crippen LogP contribution >= 0.6 is 0 Å². The van der Waals surface area contributed by atoms with Crippen LogP contribution in [0.25, 0.3) is 16.8 Å². The molecule has 0 aliphatic rings.